The van der Waals surface area contributed by atoms with Crippen molar-refractivity contribution in [3.63, 3.8) is 0 Å². The zero-order chi connectivity index (χ0) is 24.1. The molecule has 11 heteroatoms. The van der Waals surface area contributed by atoms with Crippen LogP contribution in [-0.2, 0) is 16.1 Å². The molecule has 2 N–H and O–H groups in total. The van der Waals surface area contributed by atoms with Gasteiger partial charge in [0.15, 0.2) is 0 Å². The number of likely N-dealkylation sites (tertiary alicyclic amines) is 1. The highest BCUT2D eigenvalue weighted by Gasteiger charge is 2.69. The lowest BCUT2D eigenvalue weighted by molar-refractivity contribution is -0.142. The van der Waals surface area contributed by atoms with Crippen molar-refractivity contribution in [3.05, 3.63) is 72.1 Å². The van der Waals surface area contributed by atoms with Crippen LogP contribution in [0.15, 0.2) is 65.2 Å². The average Bonchev–Trinajstić information content (AvgIpc) is 3.34. The minimum Gasteiger partial charge on any atom is -0.368 e. The van der Waals surface area contributed by atoms with Gasteiger partial charge in [0.25, 0.3) is 0 Å². The smallest absolute Gasteiger partial charge is 0.240 e. The zero-order valence-electron chi connectivity index (χ0n) is 18.6. The Morgan fingerprint density at radius 2 is 1.51 bits per heavy atom. The van der Waals surface area contributed by atoms with Crippen molar-refractivity contribution in [2.75, 3.05) is 17.7 Å². The third-order valence-electron chi connectivity index (χ3n) is 6.32. The second kappa shape index (κ2) is 7.97. The van der Waals surface area contributed by atoms with Crippen molar-refractivity contribution in [2.24, 2.45) is 11.8 Å². The molecule has 0 radical (unpaired) electrons. The van der Waals surface area contributed by atoms with Crippen molar-refractivity contribution in [1.29, 1.82) is 0 Å². The Morgan fingerprint density at radius 3 is 2.20 bits per heavy atom. The standard InChI is InChI=1S/C24H20N8O3/c1-31(14-10-6-3-7-11-14)24-28-18(27-23(25)29-24)19-26-20(35-30-19)15-16-17(15)22(34)32(21(16)33)12-13-8-4-2-5-9-13/h2-11,15-17H,12H2,1H3,(H2,25,27,28,29)/t15-,16-,17+. The summed E-state index contributed by atoms with van der Waals surface area (Å²) in [4.78, 5) is 46.0. The van der Waals surface area contributed by atoms with Gasteiger partial charge in [-0.05, 0) is 17.7 Å². The van der Waals surface area contributed by atoms with Crippen LogP contribution in [-0.4, -0.2) is 48.9 Å². The number of rotatable bonds is 6. The molecule has 2 aromatic carbocycles. The minimum atomic E-state index is -0.484. The van der Waals surface area contributed by atoms with Crippen molar-refractivity contribution in [2.45, 2.75) is 12.5 Å². The molecular formula is C24H20N8O3. The fourth-order valence-corrected chi connectivity index (χ4v) is 4.48. The van der Waals surface area contributed by atoms with Crippen LogP contribution in [0.4, 0.5) is 17.6 Å². The summed E-state index contributed by atoms with van der Waals surface area (Å²) in [5, 5.41) is 3.98. The molecule has 174 valence electrons. The van der Waals surface area contributed by atoms with Gasteiger partial charge in [0.2, 0.25) is 41.3 Å². The van der Waals surface area contributed by atoms with Crippen molar-refractivity contribution >= 4 is 29.4 Å². The number of hydrogen-bond donors (Lipinski definition) is 1. The van der Waals surface area contributed by atoms with Gasteiger partial charge in [-0.3, -0.25) is 14.5 Å². The molecule has 0 bridgehead atoms. The van der Waals surface area contributed by atoms with Gasteiger partial charge in [0.1, 0.15) is 0 Å². The van der Waals surface area contributed by atoms with E-state index in [4.69, 9.17) is 10.3 Å². The first kappa shape index (κ1) is 20.9. The summed E-state index contributed by atoms with van der Waals surface area (Å²) in [7, 11) is 1.80. The molecule has 0 spiro atoms. The fraction of sp³-hybridized carbons (Fsp3) is 0.208. The van der Waals surface area contributed by atoms with E-state index in [1.807, 2.05) is 60.7 Å². The van der Waals surface area contributed by atoms with E-state index < -0.39 is 17.8 Å². The lowest BCUT2D eigenvalue weighted by Gasteiger charge is -2.17. The van der Waals surface area contributed by atoms with E-state index in [1.54, 1.807) is 11.9 Å². The van der Waals surface area contributed by atoms with Gasteiger partial charge in [-0.25, -0.2) is 0 Å². The number of carbonyl (C=O) groups excluding carboxylic acids is 2. The van der Waals surface area contributed by atoms with Gasteiger partial charge in [-0.15, -0.1) is 0 Å². The molecule has 2 amide bonds. The van der Waals surface area contributed by atoms with E-state index in [0.29, 0.717) is 5.95 Å². The van der Waals surface area contributed by atoms with Gasteiger partial charge in [0.05, 0.1) is 24.3 Å². The maximum Gasteiger partial charge on any atom is 0.240 e. The molecule has 1 saturated carbocycles. The maximum atomic E-state index is 12.9. The Morgan fingerprint density at radius 1 is 0.857 bits per heavy atom. The number of benzene rings is 2. The predicted octanol–water partition coefficient (Wildman–Crippen LogP) is 2.17. The molecule has 11 nitrogen and oxygen atoms in total. The molecule has 2 aromatic heterocycles. The van der Waals surface area contributed by atoms with E-state index in [0.717, 1.165) is 11.3 Å². The molecular weight excluding hydrogens is 448 g/mol. The summed E-state index contributed by atoms with van der Waals surface area (Å²) in [6, 6.07) is 18.9. The summed E-state index contributed by atoms with van der Waals surface area (Å²) in [6.45, 7) is 0.259. The highest BCUT2D eigenvalue weighted by molar-refractivity contribution is 6.10. The van der Waals surface area contributed by atoms with Crippen LogP contribution in [0, 0.1) is 11.8 Å². The monoisotopic (exact) mass is 468 g/mol. The summed E-state index contributed by atoms with van der Waals surface area (Å²) in [6.07, 6.45) is 0. The number of imide groups is 1. The number of hydrogen-bond acceptors (Lipinski definition) is 10. The minimum absolute atomic E-state index is 0.00401. The van der Waals surface area contributed by atoms with Gasteiger partial charge < -0.3 is 15.2 Å². The number of amides is 2. The van der Waals surface area contributed by atoms with Crippen LogP contribution in [0.25, 0.3) is 11.6 Å². The largest absolute Gasteiger partial charge is 0.368 e. The van der Waals surface area contributed by atoms with E-state index >= 15 is 0 Å². The molecule has 35 heavy (non-hydrogen) atoms. The van der Waals surface area contributed by atoms with Gasteiger partial charge >= 0.3 is 0 Å². The molecule has 0 unspecified atom stereocenters. The topological polar surface area (TPSA) is 144 Å². The Kier molecular flexibility index (Phi) is 4.76. The number of piperidine rings is 1. The van der Waals surface area contributed by atoms with Gasteiger partial charge in [-0.1, -0.05) is 53.7 Å². The molecule has 1 saturated heterocycles. The fourth-order valence-electron chi connectivity index (χ4n) is 4.48. The number of nitrogens with zero attached hydrogens (tertiary/aromatic N) is 7. The highest BCUT2D eigenvalue weighted by atomic mass is 16.5. The first-order valence-corrected chi connectivity index (χ1v) is 11.0. The number of nitrogens with two attached hydrogens (primary N) is 1. The second-order valence-electron chi connectivity index (χ2n) is 8.49. The third-order valence-corrected chi connectivity index (χ3v) is 6.32. The molecule has 1 aliphatic heterocycles. The zero-order valence-corrected chi connectivity index (χ0v) is 18.6. The molecule has 3 atom stereocenters. The van der Waals surface area contributed by atoms with E-state index in [2.05, 4.69) is 25.1 Å². The van der Waals surface area contributed by atoms with E-state index in [-0.39, 0.29) is 41.8 Å². The maximum absolute atomic E-state index is 12.9. The summed E-state index contributed by atoms with van der Waals surface area (Å²) < 4.78 is 5.42. The van der Waals surface area contributed by atoms with Crippen LogP contribution in [0.5, 0.6) is 0 Å². The number of carbonyl (C=O) groups is 2. The first-order chi connectivity index (χ1) is 17.0. The molecule has 3 heterocycles. The molecule has 6 rings (SSSR count). The number of nitrogen functional groups attached to an aromatic ring is 1. The van der Waals surface area contributed by atoms with Crippen LogP contribution in [0.3, 0.4) is 0 Å². The highest BCUT2D eigenvalue weighted by Crippen LogP contribution is 2.59. The summed E-state index contributed by atoms with van der Waals surface area (Å²) in [5.74, 6) is -1.05. The van der Waals surface area contributed by atoms with Crippen molar-refractivity contribution < 1.29 is 14.1 Å². The Bertz CT molecular complexity index is 1400. The normalized spacial score (nSPS) is 20.7. The summed E-state index contributed by atoms with van der Waals surface area (Å²) >= 11 is 0. The molecule has 2 aliphatic rings. The van der Waals surface area contributed by atoms with Crippen LogP contribution >= 0.6 is 0 Å². The number of fused-ring (bicyclic) bond motifs is 1. The Labute approximate surface area is 199 Å². The average molecular weight is 468 g/mol. The van der Waals surface area contributed by atoms with Crippen molar-refractivity contribution in [1.82, 2.24) is 30.0 Å². The second-order valence-corrected chi connectivity index (χ2v) is 8.49. The molecule has 1 aliphatic carbocycles. The van der Waals surface area contributed by atoms with E-state index in [9.17, 15) is 9.59 Å². The SMILES string of the molecule is CN(c1ccccc1)c1nc(N)nc(-c2noc([C@H]3[C@@H]4C(=O)N(Cc5ccccc5)C(=O)[C@@H]43)n2)n1. The quantitative estimate of drug-likeness (QED) is 0.418. The van der Waals surface area contributed by atoms with Crippen LogP contribution in [0.2, 0.25) is 0 Å². The molecule has 2 fully saturated rings. The number of anilines is 3. The van der Waals surface area contributed by atoms with Gasteiger partial charge in [0, 0.05) is 12.7 Å². The van der Waals surface area contributed by atoms with Crippen molar-refractivity contribution in [3.8, 4) is 11.6 Å². The van der Waals surface area contributed by atoms with Crippen LogP contribution in [0.1, 0.15) is 17.4 Å². The predicted molar refractivity (Wildman–Crippen MR) is 124 cm³/mol. The summed E-state index contributed by atoms with van der Waals surface area (Å²) in [5.41, 5.74) is 7.67. The van der Waals surface area contributed by atoms with Crippen LogP contribution < -0.4 is 10.6 Å². The first-order valence-electron chi connectivity index (χ1n) is 11.0. The van der Waals surface area contributed by atoms with Gasteiger partial charge in [-0.2, -0.15) is 19.9 Å². The lowest BCUT2D eigenvalue weighted by Crippen LogP contribution is -2.33. The lowest BCUT2D eigenvalue weighted by atomic mass is 10.2. The molecule has 4 aromatic rings. The number of aromatic nitrogens is 5. The Hall–Kier alpha value is -4.67. The number of para-hydroxylation sites is 1. The third kappa shape index (κ3) is 3.57. The Balaban J connectivity index is 1.21. The van der Waals surface area contributed by atoms with E-state index in [1.165, 1.54) is 4.90 Å².